The summed E-state index contributed by atoms with van der Waals surface area (Å²) < 4.78 is 0. The van der Waals surface area contributed by atoms with Gasteiger partial charge in [-0.25, -0.2) is 0 Å². The van der Waals surface area contributed by atoms with Gasteiger partial charge in [-0.1, -0.05) is 19.3 Å². The van der Waals surface area contributed by atoms with Crippen LogP contribution in [0.4, 0.5) is 0 Å². The molecule has 0 aromatic heterocycles. The maximum Gasteiger partial charge on any atom is 0.0658 e. The van der Waals surface area contributed by atoms with E-state index >= 15 is 0 Å². The molecule has 74 valence electrons. The summed E-state index contributed by atoms with van der Waals surface area (Å²) in [5.41, 5.74) is 0. The number of hydrogen-bond acceptors (Lipinski definition) is 1. The van der Waals surface area contributed by atoms with Crippen molar-refractivity contribution >= 4 is 11.6 Å². The van der Waals surface area contributed by atoms with Crippen LogP contribution in [0.25, 0.3) is 0 Å². The van der Waals surface area contributed by atoms with E-state index in [2.05, 4.69) is 6.07 Å². The molecule has 1 nitrogen and oxygen atoms in total. The maximum absolute atomic E-state index is 8.94. The van der Waals surface area contributed by atoms with Crippen molar-refractivity contribution in [1.29, 1.82) is 5.26 Å². The number of halogens is 1. The van der Waals surface area contributed by atoms with Gasteiger partial charge in [0.2, 0.25) is 0 Å². The SMILES string of the molecule is N#CC1CCCCC1CCCCCl. The molecule has 2 heteroatoms. The first kappa shape index (κ1) is 10.9. The number of nitrogens with zero attached hydrogens (tertiary/aromatic N) is 1. The highest BCUT2D eigenvalue weighted by molar-refractivity contribution is 6.17. The molecule has 0 heterocycles. The molecule has 0 saturated heterocycles. The Labute approximate surface area is 86.1 Å². The van der Waals surface area contributed by atoms with E-state index in [0.717, 1.165) is 18.7 Å². The van der Waals surface area contributed by atoms with Crippen LogP contribution in [0.3, 0.4) is 0 Å². The van der Waals surface area contributed by atoms with E-state index in [1.54, 1.807) is 0 Å². The Balaban J connectivity index is 2.24. The highest BCUT2D eigenvalue weighted by Crippen LogP contribution is 2.32. The monoisotopic (exact) mass is 199 g/mol. The van der Waals surface area contributed by atoms with E-state index in [9.17, 15) is 0 Å². The molecular formula is C11H18ClN. The van der Waals surface area contributed by atoms with E-state index in [0.29, 0.717) is 11.8 Å². The zero-order valence-electron chi connectivity index (χ0n) is 8.14. The summed E-state index contributed by atoms with van der Waals surface area (Å²) in [7, 11) is 0. The topological polar surface area (TPSA) is 23.8 Å². The van der Waals surface area contributed by atoms with E-state index in [1.807, 2.05) is 0 Å². The average Bonchev–Trinajstić information content (AvgIpc) is 2.19. The van der Waals surface area contributed by atoms with Crippen molar-refractivity contribution in [3.8, 4) is 6.07 Å². The molecule has 0 radical (unpaired) electrons. The standard InChI is InChI=1S/C11H18ClN/c12-8-4-3-6-10-5-1-2-7-11(10)9-13/h10-11H,1-8H2. The Morgan fingerprint density at radius 3 is 2.69 bits per heavy atom. The molecule has 0 aliphatic heterocycles. The van der Waals surface area contributed by atoms with Gasteiger partial charge in [0.05, 0.1) is 6.07 Å². The molecule has 0 amide bonds. The predicted molar refractivity (Wildman–Crippen MR) is 55.6 cm³/mol. The van der Waals surface area contributed by atoms with Crippen molar-refractivity contribution in [2.75, 3.05) is 5.88 Å². The molecule has 1 aliphatic carbocycles. The predicted octanol–water partition coefficient (Wildman–Crippen LogP) is 3.73. The lowest BCUT2D eigenvalue weighted by Crippen LogP contribution is -2.17. The van der Waals surface area contributed by atoms with Crippen LogP contribution in [0.5, 0.6) is 0 Å². The van der Waals surface area contributed by atoms with E-state index in [1.165, 1.54) is 32.1 Å². The third-order valence-electron chi connectivity index (χ3n) is 3.03. The normalized spacial score (nSPS) is 28.3. The fraction of sp³-hybridized carbons (Fsp3) is 0.909. The number of unbranched alkanes of at least 4 members (excludes halogenated alkanes) is 1. The van der Waals surface area contributed by atoms with Gasteiger partial charge in [0.15, 0.2) is 0 Å². The summed E-state index contributed by atoms with van der Waals surface area (Å²) in [5.74, 6) is 1.77. The van der Waals surface area contributed by atoms with Crippen LogP contribution in [-0.2, 0) is 0 Å². The summed E-state index contributed by atoms with van der Waals surface area (Å²) in [5, 5.41) is 8.94. The molecular weight excluding hydrogens is 182 g/mol. The number of hydrogen-bond donors (Lipinski definition) is 0. The van der Waals surface area contributed by atoms with Crippen molar-refractivity contribution in [1.82, 2.24) is 0 Å². The maximum atomic E-state index is 8.94. The van der Waals surface area contributed by atoms with E-state index in [4.69, 9.17) is 16.9 Å². The van der Waals surface area contributed by atoms with Crippen molar-refractivity contribution in [2.24, 2.45) is 11.8 Å². The summed E-state index contributed by atoms with van der Waals surface area (Å²) in [6.07, 6.45) is 8.49. The van der Waals surface area contributed by atoms with Gasteiger partial charge in [-0.05, 0) is 31.6 Å². The third-order valence-corrected chi connectivity index (χ3v) is 3.30. The van der Waals surface area contributed by atoms with Crippen LogP contribution in [0, 0.1) is 23.2 Å². The number of alkyl halides is 1. The Kier molecular flexibility index (Phi) is 5.23. The second-order valence-corrected chi connectivity index (χ2v) is 4.34. The lowest BCUT2D eigenvalue weighted by atomic mass is 9.77. The fourth-order valence-corrected chi connectivity index (χ4v) is 2.41. The molecule has 2 unspecified atom stereocenters. The summed E-state index contributed by atoms with van der Waals surface area (Å²) in [6.45, 7) is 0. The van der Waals surface area contributed by atoms with Gasteiger partial charge in [-0.2, -0.15) is 5.26 Å². The van der Waals surface area contributed by atoms with Crippen LogP contribution in [0.15, 0.2) is 0 Å². The first-order chi connectivity index (χ1) is 6.38. The second-order valence-electron chi connectivity index (χ2n) is 3.96. The number of nitriles is 1. The average molecular weight is 200 g/mol. The molecule has 0 spiro atoms. The Bertz CT molecular complexity index is 173. The van der Waals surface area contributed by atoms with Gasteiger partial charge < -0.3 is 0 Å². The molecule has 1 saturated carbocycles. The molecule has 0 N–H and O–H groups in total. The molecule has 0 bridgehead atoms. The highest BCUT2D eigenvalue weighted by Gasteiger charge is 2.23. The van der Waals surface area contributed by atoms with Crippen molar-refractivity contribution in [3.05, 3.63) is 0 Å². The first-order valence-corrected chi connectivity index (χ1v) is 5.87. The summed E-state index contributed by atoms with van der Waals surface area (Å²) in [6, 6.07) is 2.45. The fourth-order valence-electron chi connectivity index (χ4n) is 2.22. The summed E-state index contributed by atoms with van der Waals surface area (Å²) >= 11 is 5.62. The van der Waals surface area contributed by atoms with Gasteiger partial charge >= 0.3 is 0 Å². The van der Waals surface area contributed by atoms with E-state index < -0.39 is 0 Å². The molecule has 2 atom stereocenters. The minimum atomic E-state index is 0.337. The lowest BCUT2D eigenvalue weighted by Gasteiger charge is -2.26. The zero-order chi connectivity index (χ0) is 9.52. The highest BCUT2D eigenvalue weighted by atomic mass is 35.5. The number of rotatable bonds is 4. The van der Waals surface area contributed by atoms with Gasteiger partial charge in [0.25, 0.3) is 0 Å². The second kappa shape index (κ2) is 6.27. The lowest BCUT2D eigenvalue weighted by molar-refractivity contribution is 0.269. The Morgan fingerprint density at radius 1 is 1.23 bits per heavy atom. The largest absolute Gasteiger partial charge is 0.198 e. The van der Waals surface area contributed by atoms with Crippen LogP contribution in [0.2, 0.25) is 0 Å². The zero-order valence-corrected chi connectivity index (χ0v) is 8.89. The Morgan fingerprint density at radius 2 is 2.00 bits per heavy atom. The quantitative estimate of drug-likeness (QED) is 0.500. The summed E-state index contributed by atoms with van der Waals surface area (Å²) in [4.78, 5) is 0. The van der Waals surface area contributed by atoms with Crippen LogP contribution in [0.1, 0.15) is 44.9 Å². The van der Waals surface area contributed by atoms with Crippen LogP contribution < -0.4 is 0 Å². The van der Waals surface area contributed by atoms with Crippen LogP contribution in [-0.4, -0.2) is 5.88 Å². The molecule has 0 aromatic carbocycles. The Hall–Kier alpha value is -0.220. The molecule has 1 rings (SSSR count). The molecule has 13 heavy (non-hydrogen) atoms. The van der Waals surface area contributed by atoms with Gasteiger partial charge in [-0.3, -0.25) is 0 Å². The third kappa shape index (κ3) is 3.56. The smallest absolute Gasteiger partial charge is 0.0658 e. The van der Waals surface area contributed by atoms with Crippen molar-refractivity contribution in [2.45, 2.75) is 44.9 Å². The van der Waals surface area contributed by atoms with Crippen molar-refractivity contribution < 1.29 is 0 Å². The molecule has 1 fully saturated rings. The van der Waals surface area contributed by atoms with Crippen LogP contribution >= 0.6 is 11.6 Å². The first-order valence-electron chi connectivity index (χ1n) is 5.34. The molecule has 1 aliphatic rings. The minimum Gasteiger partial charge on any atom is -0.198 e. The van der Waals surface area contributed by atoms with E-state index in [-0.39, 0.29) is 0 Å². The van der Waals surface area contributed by atoms with Gasteiger partial charge in [0.1, 0.15) is 0 Å². The minimum absolute atomic E-state index is 0.337. The van der Waals surface area contributed by atoms with Crippen molar-refractivity contribution in [3.63, 3.8) is 0 Å². The van der Waals surface area contributed by atoms with Gasteiger partial charge in [-0.15, -0.1) is 11.6 Å². The van der Waals surface area contributed by atoms with Gasteiger partial charge in [0, 0.05) is 11.8 Å². The molecule has 0 aromatic rings.